The molecule has 15 heavy (non-hydrogen) atoms. The van der Waals surface area contributed by atoms with Crippen molar-refractivity contribution in [3.63, 3.8) is 0 Å². The number of hydrogen-bond acceptors (Lipinski definition) is 1. The van der Waals surface area contributed by atoms with E-state index in [0.29, 0.717) is 5.56 Å². The lowest BCUT2D eigenvalue weighted by molar-refractivity contribution is 0.105. The minimum atomic E-state index is -1.47. The molecule has 78 valence electrons. The van der Waals surface area contributed by atoms with Gasteiger partial charge in [0.1, 0.15) is 8.07 Å². The van der Waals surface area contributed by atoms with Crippen molar-refractivity contribution in [2.24, 2.45) is 0 Å². The van der Waals surface area contributed by atoms with Crippen molar-refractivity contribution in [3.8, 4) is 11.5 Å². The van der Waals surface area contributed by atoms with E-state index in [1.165, 1.54) is 0 Å². The molecule has 0 saturated heterocycles. The largest absolute Gasteiger partial charge is 0.279 e. The first kappa shape index (κ1) is 12.2. The highest BCUT2D eigenvalue weighted by molar-refractivity contribution is 9.10. The Kier molecular flexibility index (Phi) is 3.89. The second kappa shape index (κ2) is 4.78. The van der Waals surface area contributed by atoms with Gasteiger partial charge in [-0.25, -0.2) is 0 Å². The molecule has 0 aliphatic carbocycles. The summed E-state index contributed by atoms with van der Waals surface area (Å²) in [7, 11) is -1.47. The summed E-state index contributed by atoms with van der Waals surface area (Å²) in [5.74, 6) is 2.62. The van der Waals surface area contributed by atoms with Gasteiger partial charge in [-0.05, 0) is 18.1 Å². The van der Waals surface area contributed by atoms with Gasteiger partial charge in [0.25, 0.3) is 0 Å². The molecule has 0 aliphatic heterocycles. The highest BCUT2D eigenvalue weighted by Crippen LogP contribution is 2.15. The van der Waals surface area contributed by atoms with Crippen molar-refractivity contribution in [3.05, 3.63) is 34.3 Å². The molecule has 1 aromatic rings. The molecule has 0 spiro atoms. The molecular weight excluding hydrogens is 268 g/mol. The number of carbonyl (C=O) groups excluding carboxylic acids is 1. The van der Waals surface area contributed by atoms with E-state index in [0.717, 1.165) is 4.47 Å². The summed E-state index contributed by atoms with van der Waals surface area (Å²) in [6, 6.07) is 7.36. The number of rotatable bonds is 1. The van der Waals surface area contributed by atoms with Crippen molar-refractivity contribution in [2.75, 3.05) is 0 Å². The second-order valence-electron chi connectivity index (χ2n) is 4.31. The van der Waals surface area contributed by atoms with Crippen molar-refractivity contribution < 1.29 is 4.79 Å². The van der Waals surface area contributed by atoms with Crippen LogP contribution >= 0.6 is 15.9 Å². The first-order valence-electron chi connectivity index (χ1n) is 4.72. The van der Waals surface area contributed by atoms with Gasteiger partial charge >= 0.3 is 0 Å². The van der Waals surface area contributed by atoms with Gasteiger partial charge in [0.2, 0.25) is 5.78 Å². The molecule has 1 aromatic carbocycles. The number of benzene rings is 1. The summed E-state index contributed by atoms with van der Waals surface area (Å²) in [5, 5.41) is 0. The zero-order valence-electron chi connectivity index (χ0n) is 9.10. The molecule has 0 saturated carbocycles. The first-order chi connectivity index (χ1) is 6.90. The lowest BCUT2D eigenvalue weighted by Gasteiger charge is -2.03. The fraction of sp³-hybridized carbons (Fsp3) is 0.250. The van der Waals surface area contributed by atoms with Crippen LogP contribution in [0.3, 0.4) is 0 Å². The standard InChI is InChI=1S/C12H13BrOSi/c1-15(2,3)9-8-12(14)10-6-4-5-7-11(10)13/h4-7H,1-3H3. The quantitative estimate of drug-likeness (QED) is 0.437. The van der Waals surface area contributed by atoms with Crippen LogP contribution in [-0.2, 0) is 0 Å². The second-order valence-corrected chi connectivity index (χ2v) is 9.91. The lowest BCUT2D eigenvalue weighted by atomic mass is 10.1. The number of carbonyl (C=O) groups is 1. The smallest absolute Gasteiger partial charge is 0.236 e. The minimum absolute atomic E-state index is 0.107. The maximum atomic E-state index is 11.7. The van der Waals surface area contributed by atoms with Gasteiger partial charge in [-0.3, -0.25) is 4.79 Å². The average molecular weight is 281 g/mol. The fourth-order valence-corrected chi connectivity index (χ4v) is 1.91. The van der Waals surface area contributed by atoms with Crippen molar-refractivity contribution in [1.82, 2.24) is 0 Å². The molecule has 0 bridgehead atoms. The summed E-state index contributed by atoms with van der Waals surface area (Å²) < 4.78 is 0.805. The minimum Gasteiger partial charge on any atom is -0.279 e. The zero-order valence-corrected chi connectivity index (χ0v) is 11.7. The van der Waals surface area contributed by atoms with Crippen LogP contribution < -0.4 is 0 Å². The molecule has 0 radical (unpaired) electrons. The lowest BCUT2D eigenvalue weighted by Crippen LogP contribution is -2.17. The summed E-state index contributed by atoms with van der Waals surface area (Å²) in [6.45, 7) is 6.36. The molecule has 0 N–H and O–H groups in total. The van der Waals surface area contributed by atoms with Crippen molar-refractivity contribution >= 4 is 29.8 Å². The molecule has 3 heteroatoms. The maximum absolute atomic E-state index is 11.7. The topological polar surface area (TPSA) is 17.1 Å². The third-order valence-electron chi connectivity index (χ3n) is 1.67. The molecule has 0 aliphatic rings. The van der Waals surface area contributed by atoms with Crippen LogP contribution in [0.25, 0.3) is 0 Å². The van der Waals surface area contributed by atoms with E-state index in [2.05, 4.69) is 47.0 Å². The average Bonchev–Trinajstić information content (AvgIpc) is 2.14. The van der Waals surface area contributed by atoms with Gasteiger partial charge in [-0.15, -0.1) is 5.54 Å². The first-order valence-corrected chi connectivity index (χ1v) is 9.01. The molecule has 0 aromatic heterocycles. The Balaban J connectivity index is 2.96. The Morgan fingerprint density at radius 1 is 1.27 bits per heavy atom. The van der Waals surface area contributed by atoms with Gasteiger partial charge in [0.05, 0.1) is 0 Å². The van der Waals surface area contributed by atoms with Crippen LogP contribution in [0.1, 0.15) is 10.4 Å². The van der Waals surface area contributed by atoms with Crippen LogP contribution in [0.5, 0.6) is 0 Å². The zero-order chi connectivity index (χ0) is 11.5. The Labute approximate surface area is 100 Å². The Bertz CT molecular complexity index is 435. The summed E-state index contributed by atoms with van der Waals surface area (Å²) >= 11 is 3.34. The normalized spacial score (nSPS) is 10.4. The monoisotopic (exact) mass is 280 g/mol. The fourth-order valence-electron chi connectivity index (χ4n) is 0.957. The highest BCUT2D eigenvalue weighted by atomic mass is 79.9. The summed E-state index contributed by atoms with van der Waals surface area (Å²) in [4.78, 5) is 11.7. The van der Waals surface area contributed by atoms with Crippen LogP contribution in [0.15, 0.2) is 28.7 Å². The summed E-state index contributed by atoms with van der Waals surface area (Å²) in [6.07, 6.45) is 0. The molecule has 0 fully saturated rings. The number of Topliss-reactive ketones (excluding diaryl/α,β-unsaturated/α-hetero) is 1. The Morgan fingerprint density at radius 2 is 1.87 bits per heavy atom. The SMILES string of the molecule is C[Si](C)(C)C#CC(=O)c1ccccc1Br. The third kappa shape index (κ3) is 4.02. The van der Waals surface area contributed by atoms with Crippen molar-refractivity contribution in [1.29, 1.82) is 0 Å². The van der Waals surface area contributed by atoms with Crippen LogP contribution in [0, 0.1) is 11.5 Å². The van der Waals surface area contributed by atoms with Gasteiger partial charge in [-0.2, -0.15) is 0 Å². The number of halogens is 1. The van der Waals surface area contributed by atoms with E-state index in [4.69, 9.17) is 0 Å². The van der Waals surface area contributed by atoms with Crippen LogP contribution in [0.2, 0.25) is 19.6 Å². The molecular formula is C12H13BrOSi. The number of hydrogen-bond donors (Lipinski definition) is 0. The molecule has 0 amide bonds. The number of ketones is 1. The molecule has 0 unspecified atom stereocenters. The summed E-state index contributed by atoms with van der Waals surface area (Å²) in [5.41, 5.74) is 3.71. The van der Waals surface area contributed by atoms with E-state index >= 15 is 0 Å². The Morgan fingerprint density at radius 3 is 2.40 bits per heavy atom. The predicted octanol–water partition coefficient (Wildman–Crippen LogP) is 3.51. The molecule has 0 atom stereocenters. The van der Waals surface area contributed by atoms with Crippen molar-refractivity contribution in [2.45, 2.75) is 19.6 Å². The predicted molar refractivity (Wildman–Crippen MR) is 69.6 cm³/mol. The van der Waals surface area contributed by atoms with E-state index < -0.39 is 8.07 Å². The van der Waals surface area contributed by atoms with Gasteiger partial charge in [0.15, 0.2) is 0 Å². The van der Waals surface area contributed by atoms with Gasteiger partial charge < -0.3 is 0 Å². The maximum Gasteiger partial charge on any atom is 0.236 e. The van der Waals surface area contributed by atoms with Crippen LogP contribution in [0.4, 0.5) is 0 Å². The van der Waals surface area contributed by atoms with E-state index in [9.17, 15) is 4.79 Å². The highest BCUT2D eigenvalue weighted by Gasteiger charge is 2.10. The molecule has 1 nitrogen and oxygen atoms in total. The Hall–Kier alpha value is -0.853. The van der Waals surface area contributed by atoms with E-state index in [1.54, 1.807) is 6.07 Å². The van der Waals surface area contributed by atoms with Crippen LogP contribution in [-0.4, -0.2) is 13.9 Å². The molecule has 1 rings (SSSR count). The van der Waals surface area contributed by atoms with Gasteiger partial charge in [0, 0.05) is 10.0 Å². The van der Waals surface area contributed by atoms with E-state index in [-0.39, 0.29) is 5.78 Å². The van der Waals surface area contributed by atoms with E-state index in [1.807, 2.05) is 18.2 Å². The third-order valence-corrected chi connectivity index (χ3v) is 3.24. The van der Waals surface area contributed by atoms with Gasteiger partial charge in [-0.1, -0.05) is 47.7 Å². The molecule has 0 heterocycles.